The van der Waals surface area contributed by atoms with Gasteiger partial charge in [-0.05, 0) is 39.7 Å². The molecule has 1 N–H and O–H groups in total. The Labute approximate surface area is 118 Å². The van der Waals surface area contributed by atoms with Gasteiger partial charge < -0.3 is 5.32 Å². The van der Waals surface area contributed by atoms with E-state index in [0.29, 0.717) is 16.6 Å². The summed E-state index contributed by atoms with van der Waals surface area (Å²) in [4.78, 5) is 4.09. The topological polar surface area (TPSA) is 24.9 Å². The number of rotatable bonds is 3. The third-order valence-electron chi connectivity index (χ3n) is 2.20. The second kappa shape index (κ2) is 5.71. The standard InChI is InChI=1S/C12H9BrCl2N2/c13-9-4-8(5-16-7-9)6-17-11-3-1-2-10(14)12(11)15/h1-5,7,17H,6H2. The SMILES string of the molecule is Clc1cccc(NCc2cncc(Br)c2)c1Cl. The van der Waals surface area contributed by atoms with Gasteiger partial charge in [0.2, 0.25) is 0 Å². The van der Waals surface area contributed by atoms with Crippen LogP contribution in [0.5, 0.6) is 0 Å². The van der Waals surface area contributed by atoms with Gasteiger partial charge in [0.25, 0.3) is 0 Å². The Morgan fingerprint density at radius 1 is 1.24 bits per heavy atom. The van der Waals surface area contributed by atoms with Gasteiger partial charge in [-0.1, -0.05) is 29.3 Å². The van der Waals surface area contributed by atoms with Crippen LogP contribution in [0.3, 0.4) is 0 Å². The molecule has 0 atom stereocenters. The van der Waals surface area contributed by atoms with E-state index in [1.165, 1.54) is 0 Å². The number of hydrogen-bond acceptors (Lipinski definition) is 2. The molecular formula is C12H9BrCl2N2. The molecule has 17 heavy (non-hydrogen) atoms. The number of nitrogens with zero attached hydrogens (tertiary/aromatic N) is 1. The first-order chi connectivity index (χ1) is 8.16. The van der Waals surface area contributed by atoms with Crippen molar-refractivity contribution in [2.45, 2.75) is 6.54 Å². The maximum absolute atomic E-state index is 6.07. The van der Waals surface area contributed by atoms with Gasteiger partial charge in [0.15, 0.2) is 0 Å². The van der Waals surface area contributed by atoms with Crippen molar-refractivity contribution < 1.29 is 0 Å². The van der Waals surface area contributed by atoms with Crippen LogP contribution >= 0.6 is 39.1 Å². The summed E-state index contributed by atoms with van der Waals surface area (Å²) in [6, 6.07) is 7.50. The van der Waals surface area contributed by atoms with Crippen LogP contribution < -0.4 is 5.32 Å². The number of nitrogens with one attached hydrogen (secondary N) is 1. The summed E-state index contributed by atoms with van der Waals surface area (Å²) in [5.74, 6) is 0. The molecular weight excluding hydrogens is 323 g/mol. The molecule has 0 aliphatic carbocycles. The van der Waals surface area contributed by atoms with Crippen molar-refractivity contribution in [3.63, 3.8) is 0 Å². The summed E-state index contributed by atoms with van der Waals surface area (Å²) in [5, 5.41) is 4.30. The summed E-state index contributed by atoms with van der Waals surface area (Å²) < 4.78 is 0.953. The van der Waals surface area contributed by atoms with E-state index >= 15 is 0 Å². The lowest BCUT2D eigenvalue weighted by Crippen LogP contribution is -2.00. The maximum Gasteiger partial charge on any atom is 0.0823 e. The van der Waals surface area contributed by atoms with E-state index in [9.17, 15) is 0 Å². The van der Waals surface area contributed by atoms with E-state index in [4.69, 9.17) is 23.2 Å². The van der Waals surface area contributed by atoms with Gasteiger partial charge in [0.05, 0.1) is 15.7 Å². The van der Waals surface area contributed by atoms with Gasteiger partial charge in [0, 0.05) is 23.4 Å². The smallest absolute Gasteiger partial charge is 0.0823 e. The highest BCUT2D eigenvalue weighted by molar-refractivity contribution is 9.10. The molecule has 0 spiro atoms. The van der Waals surface area contributed by atoms with Gasteiger partial charge in [-0.15, -0.1) is 0 Å². The molecule has 2 nitrogen and oxygen atoms in total. The number of hydrogen-bond donors (Lipinski definition) is 1. The first kappa shape index (κ1) is 12.7. The van der Waals surface area contributed by atoms with Crippen LogP contribution in [0.4, 0.5) is 5.69 Å². The molecule has 0 amide bonds. The number of anilines is 1. The van der Waals surface area contributed by atoms with Crippen molar-refractivity contribution in [2.24, 2.45) is 0 Å². The van der Waals surface area contributed by atoms with Gasteiger partial charge in [0.1, 0.15) is 0 Å². The first-order valence-electron chi connectivity index (χ1n) is 4.94. The lowest BCUT2D eigenvalue weighted by atomic mass is 10.2. The third kappa shape index (κ3) is 3.35. The monoisotopic (exact) mass is 330 g/mol. The molecule has 0 bridgehead atoms. The second-order valence-corrected chi connectivity index (χ2v) is 5.17. The highest BCUT2D eigenvalue weighted by Crippen LogP contribution is 2.29. The van der Waals surface area contributed by atoms with Crippen molar-refractivity contribution in [3.05, 3.63) is 56.7 Å². The molecule has 0 saturated carbocycles. The van der Waals surface area contributed by atoms with Crippen molar-refractivity contribution in [1.82, 2.24) is 4.98 Å². The molecule has 0 radical (unpaired) electrons. The zero-order valence-corrected chi connectivity index (χ0v) is 11.9. The van der Waals surface area contributed by atoms with E-state index in [2.05, 4.69) is 26.2 Å². The zero-order valence-electron chi connectivity index (χ0n) is 8.75. The quantitative estimate of drug-likeness (QED) is 0.876. The molecule has 0 aliphatic rings. The fourth-order valence-corrected chi connectivity index (χ4v) is 2.17. The molecule has 1 aromatic heterocycles. The Kier molecular flexibility index (Phi) is 4.26. The summed E-state index contributed by atoms with van der Waals surface area (Å²) >= 11 is 15.4. The van der Waals surface area contributed by atoms with Crippen LogP contribution in [-0.4, -0.2) is 4.98 Å². The van der Waals surface area contributed by atoms with E-state index < -0.39 is 0 Å². The molecule has 0 fully saturated rings. The first-order valence-corrected chi connectivity index (χ1v) is 6.49. The van der Waals surface area contributed by atoms with Gasteiger partial charge in [-0.25, -0.2) is 0 Å². The normalized spacial score (nSPS) is 10.3. The fraction of sp³-hybridized carbons (Fsp3) is 0.0833. The average molecular weight is 332 g/mol. The van der Waals surface area contributed by atoms with Gasteiger partial charge >= 0.3 is 0 Å². The Morgan fingerprint density at radius 2 is 2.06 bits per heavy atom. The van der Waals surface area contributed by atoms with Gasteiger partial charge in [-0.2, -0.15) is 0 Å². The van der Waals surface area contributed by atoms with Crippen LogP contribution in [0.1, 0.15) is 5.56 Å². The number of pyridine rings is 1. The number of benzene rings is 1. The van der Waals surface area contributed by atoms with E-state index in [-0.39, 0.29) is 0 Å². The second-order valence-electron chi connectivity index (χ2n) is 3.47. The summed E-state index contributed by atoms with van der Waals surface area (Å²) in [7, 11) is 0. The predicted octanol–water partition coefficient (Wildman–Crippen LogP) is 4.76. The molecule has 5 heteroatoms. The van der Waals surface area contributed by atoms with Crippen LogP contribution in [0.2, 0.25) is 10.0 Å². The predicted molar refractivity (Wildman–Crippen MR) is 75.7 cm³/mol. The Hall–Kier alpha value is -0.770. The highest BCUT2D eigenvalue weighted by Gasteiger charge is 2.03. The average Bonchev–Trinajstić information content (AvgIpc) is 2.31. The minimum atomic E-state index is 0.539. The van der Waals surface area contributed by atoms with Crippen molar-refractivity contribution in [3.8, 4) is 0 Å². The highest BCUT2D eigenvalue weighted by atomic mass is 79.9. The van der Waals surface area contributed by atoms with E-state index in [0.717, 1.165) is 15.7 Å². The van der Waals surface area contributed by atoms with Crippen molar-refractivity contribution in [2.75, 3.05) is 5.32 Å². The molecule has 1 aromatic carbocycles. The van der Waals surface area contributed by atoms with E-state index in [1.807, 2.05) is 18.2 Å². The molecule has 1 heterocycles. The fourth-order valence-electron chi connectivity index (χ4n) is 1.39. The Morgan fingerprint density at radius 3 is 2.82 bits per heavy atom. The summed E-state index contributed by atoms with van der Waals surface area (Å²) in [6.07, 6.45) is 3.55. The number of aromatic nitrogens is 1. The van der Waals surface area contributed by atoms with Crippen molar-refractivity contribution >= 4 is 44.8 Å². The lowest BCUT2D eigenvalue weighted by molar-refractivity contribution is 1.11. The lowest BCUT2D eigenvalue weighted by Gasteiger charge is -2.09. The molecule has 2 aromatic rings. The van der Waals surface area contributed by atoms with Crippen LogP contribution in [0.25, 0.3) is 0 Å². The molecule has 0 unspecified atom stereocenters. The van der Waals surface area contributed by atoms with E-state index in [1.54, 1.807) is 18.5 Å². The Bertz CT molecular complexity index is 532. The largest absolute Gasteiger partial charge is 0.380 e. The van der Waals surface area contributed by atoms with Crippen LogP contribution in [0.15, 0.2) is 41.1 Å². The molecule has 2 rings (SSSR count). The number of halogens is 3. The molecule has 88 valence electrons. The van der Waals surface area contributed by atoms with Crippen LogP contribution in [-0.2, 0) is 6.54 Å². The van der Waals surface area contributed by atoms with Gasteiger partial charge in [-0.3, -0.25) is 4.98 Å². The van der Waals surface area contributed by atoms with Crippen LogP contribution in [0, 0.1) is 0 Å². The van der Waals surface area contributed by atoms with Crippen molar-refractivity contribution in [1.29, 1.82) is 0 Å². The molecule has 0 aliphatic heterocycles. The maximum atomic E-state index is 6.07. The minimum Gasteiger partial charge on any atom is -0.380 e. The summed E-state index contributed by atoms with van der Waals surface area (Å²) in [6.45, 7) is 0.645. The minimum absolute atomic E-state index is 0.539. The Balaban J connectivity index is 2.10. The summed E-state index contributed by atoms with van der Waals surface area (Å²) in [5.41, 5.74) is 1.88. The third-order valence-corrected chi connectivity index (χ3v) is 3.45. The molecule has 0 saturated heterocycles. The zero-order chi connectivity index (χ0) is 12.3.